The molecule has 84 valence electrons. The second-order valence-electron chi connectivity index (χ2n) is 3.45. The van der Waals surface area contributed by atoms with Crippen molar-refractivity contribution in [3.8, 4) is 0 Å². The second kappa shape index (κ2) is 5.16. The number of halogens is 1. The Balaban J connectivity index is 2.86. The normalized spacial score (nSPS) is 15.0. The van der Waals surface area contributed by atoms with E-state index in [0.717, 1.165) is 0 Å². The maximum absolute atomic E-state index is 12.7. The first-order valence-corrected chi connectivity index (χ1v) is 4.74. The quantitative estimate of drug-likeness (QED) is 0.629. The number of aryl methyl sites for hydroxylation is 1. The van der Waals surface area contributed by atoms with Gasteiger partial charge in [-0.25, -0.2) is 4.98 Å². The maximum Gasteiger partial charge on any atom is 0.213 e. The third kappa shape index (κ3) is 2.95. The van der Waals surface area contributed by atoms with Crippen LogP contribution >= 0.6 is 0 Å². The van der Waals surface area contributed by atoms with Crippen LogP contribution in [0.5, 0.6) is 0 Å². The number of nitrogens with two attached hydrogens (primary N) is 1. The van der Waals surface area contributed by atoms with E-state index in [9.17, 15) is 14.6 Å². The first kappa shape index (κ1) is 12.0. The van der Waals surface area contributed by atoms with E-state index < -0.39 is 18.2 Å². The molecule has 0 spiro atoms. The van der Waals surface area contributed by atoms with Crippen LogP contribution in [0, 0.1) is 12.9 Å². The Labute approximate surface area is 87.6 Å². The summed E-state index contributed by atoms with van der Waals surface area (Å²) in [4.78, 5) is 3.43. The predicted octanol–water partition coefficient (Wildman–Crippen LogP) is 0.272. The highest BCUT2D eigenvalue weighted by Crippen LogP contribution is 2.21. The molecule has 1 rings (SSSR count). The van der Waals surface area contributed by atoms with E-state index in [2.05, 4.69) is 4.98 Å². The van der Waals surface area contributed by atoms with E-state index in [0.29, 0.717) is 11.1 Å². The molecule has 0 aromatic carbocycles. The van der Waals surface area contributed by atoms with Crippen molar-refractivity contribution >= 4 is 0 Å². The lowest BCUT2D eigenvalue weighted by molar-refractivity contribution is 0.0144. The molecule has 2 atom stereocenters. The standard InChI is InChI=1S/C10H15FN2O2/c1-6-4-9(11)13-5-7(6)10(15)8(14)2-3-12/h4-5,8,10,14-15H,2-3,12H2,1H3. The average molecular weight is 214 g/mol. The number of rotatable bonds is 4. The molecule has 0 aliphatic rings. The largest absolute Gasteiger partial charge is 0.390 e. The fourth-order valence-electron chi connectivity index (χ4n) is 1.38. The van der Waals surface area contributed by atoms with Crippen LogP contribution in [-0.4, -0.2) is 27.8 Å². The zero-order chi connectivity index (χ0) is 11.4. The first-order chi connectivity index (χ1) is 7.06. The highest BCUT2D eigenvalue weighted by Gasteiger charge is 2.19. The third-order valence-corrected chi connectivity index (χ3v) is 2.26. The molecule has 0 fully saturated rings. The van der Waals surface area contributed by atoms with E-state index >= 15 is 0 Å². The molecule has 0 saturated carbocycles. The molecule has 0 radical (unpaired) electrons. The smallest absolute Gasteiger partial charge is 0.213 e. The minimum atomic E-state index is -1.07. The number of aliphatic hydroxyl groups excluding tert-OH is 2. The highest BCUT2D eigenvalue weighted by atomic mass is 19.1. The average Bonchev–Trinajstić information content (AvgIpc) is 2.17. The summed E-state index contributed by atoms with van der Waals surface area (Å²) in [6, 6.07) is 1.22. The van der Waals surface area contributed by atoms with Gasteiger partial charge in [0, 0.05) is 11.8 Å². The molecule has 1 heterocycles. The third-order valence-electron chi connectivity index (χ3n) is 2.26. The summed E-state index contributed by atoms with van der Waals surface area (Å²) in [6.07, 6.45) is -0.491. The van der Waals surface area contributed by atoms with Gasteiger partial charge in [0.05, 0.1) is 6.10 Å². The monoisotopic (exact) mass is 214 g/mol. The summed E-state index contributed by atoms with van der Waals surface area (Å²) in [6.45, 7) is 1.93. The minimum absolute atomic E-state index is 0.284. The van der Waals surface area contributed by atoms with Crippen molar-refractivity contribution in [1.29, 1.82) is 0 Å². The summed E-state index contributed by atoms with van der Waals surface area (Å²) >= 11 is 0. The van der Waals surface area contributed by atoms with Gasteiger partial charge in [0.15, 0.2) is 0 Å². The fourth-order valence-corrected chi connectivity index (χ4v) is 1.38. The van der Waals surface area contributed by atoms with Crippen molar-refractivity contribution < 1.29 is 14.6 Å². The molecule has 0 bridgehead atoms. The van der Waals surface area contributed by atoms with Crippen LogP contribution in [0.4, 0.5) is 4.39 Å². The molecule has 1 aromatic heterocycles. The van der Waals surface area contributed by atoms with Crippen LogP contribution in [-0.2, 0) is 0 Å². The Morgan fingerprint density at radius 3 is 2.73 bits per heavy atom. The van der Waals surface area contributed by atoms with E-state index in [-0.39, 0.29) is 13.0 Å². The SMILES string of the molecule is Cc1cc(F)ncc1C(O)C(O)CCN. The van der Waals surface area contributed by atoms with E-state index in [1.807, 2.05) is 0 Å². The van der Waals surface area contributed by atoms with E-state index in [1.165, 1.54) is 12.3 Å². The summed E-state index contributed by atoms with van der Waals surface area (Å²) in [5.41, 5.74) is 6.25. The maximum atomic E-state index is 12.7. The Morgan fingerprint density at radius 2 is 2.20 bits per heavy atom. The molecule has 4 N–H and O–H groups in total. The molecule has 4 nitrogen and oxygen atoms in total. The zero-order valence-electron chi connectivity index (χ0n) is 8.52. The van der Waals surface area contributed by atoms with Crippen molar-refractivity contribution in [2.75, 3.05) is 6.54 Å². The zero-order valence-corrected chi connectivity index (χ0v) is 8.52. The van der Waals surface area contributed by atoms with Gasteiger partial charge in [0.2, 0.25) is 5.95 Å². The summed E-state index contributed by atoms with van der Waals surface area (Å²) < 4.78 is 12.7. The predicted molar refractivity (Wildman–Crippen MR) is 53.6 cm³/mol. The Bertz CT molecular complexity index is 333. The van der Waals surface area contributed by atoms with Crippen LogP contribution in [0.2, 0.25) is 0 Å². The summed E-state index contributed by atoms with van der Waals surface area (Å²) in [7, 11) is 0. The van der Waals surface area contributed by atoms with Crippen molar-refractivity contribution in [1.82, 2.24) is 4.98 Å². The van der Waals surface area contributed by atoms with Crippen LogP contribution in [0.1, 0.15) is 23.7 Å². The van der Waals surface area contributed by atoms with Gasteiger partial charge in [0.25, 0.3) is 0 Å². The lowest BCUT2D eigenvalue weighted by atomic mass is 10.00. The number of hydrogen-bond acceptors (Lipinski definition) is 4. The van der Waals surface area contributed by atoms with Gasteiger partial charge in [-0.15, -0.1) is 0 Å². The molecule has 15 heavy (non-hydrogen) atoms. The molecule has 5 heteroatoms. The lowest BCUT2D eigenvalue weighted by Crippen LogP contribution is -2.22. The van der Waals surface area contributed by atoms with Crippen LogP contribution < -0.4 is 5.73 Å². The fraction of sp³-hybridized carbons (Fsp3) is 0.500. The van der Waals surface area contributed by atoms with Gasteiger partial charge in [-0.05, 0) is 31.5 Å². The van der Waals surface area contributed by atoms with Crippen molar-refractivity contribution in [3.05, 3.63) is 29.3 Å². The van der Waals surface area contributed by atoms with Gasteiger partial charge in [-0.3, -0.25) is 0 Å². The van der Waals surface area contributed by atoms with Gasteiger partial charge >= 0.3 is 0 Å². The van der Waals surface area contributed by atoms with Crippen molar-refractivity contribution in [3.63, 3.8) is 0 Å². The van der Waals surface area contributed by atoms with Crippen LogP contribution in [0.25, 0.3) is 0 Å². The van der Waals surface area contributed by atoms with Gasteiger partial charge < -0.3 is 15.9 Å². The van der Waals surface area contributed by atoms with Gasteiger partial charge in [-0.2, -0.15) is 4.39 Å². The van der Waals surface area contributed by atoms with Gasteiger partial charge in [0.1, 0.15) is 6.10 Å². The van der Waals surface area contributed by atoms with Crippen molar-refractivity contribution in [2.45, 2.75) is 25.6 Å². The summed E-state index contributed by atoms with van der Waals surface area (Å²) in [5.74, 6) is -0.600. The van der Waals surface area contributed by atoms with E-state index in [1.54, 1.807) is 6.92 Å². The molecule has 0 saturated heterocycles. The van der Waals surface area contributed by atoms with Crippen LogP contribution in [0.3, 0.4) is 0 Å². The summed E-state index contributed by atoms with van der Waals surface area (Å²) in [5, 5.41) is 19.2. The first-order valence-electron chi connectivity index (χ1n) is 4.74. The minimum Gasteiger partial charge on any atom is -0.390 e. The molecule has 0 aliphatic carbocycles. The number of hydrogen-bond donors (Lipinski definition) is 3. The van der Waals surface area contributed by atoms with Crippen LogP contribution in [0.15, 0.2) is 12.3 Å². The molecule has 2 unspecified atom stereocenters. The van der Waals surface area contributed by atoms with Gasteiger partial charge in [-0.1, -0.05) is 0 Å². The topological polar surface area (TPSA) is 79.4 Å². The Kier molecular flexibility index (Phi) is 4.14. The number of pyridine rings is 1. The second-order valence-corrected chi connectivity index (χ2v) is 3.45. The van der Waals surface area contributed by atoms with E-state index in [4.69, 9.17) is 5.73 Å². The number of aliphatic hydroxyl groups is 2. The molecule has 0 aliphatic heterocycles. The molecule has 0 amide bonds. The molecular weight excluding hydrogens is 199 g/mol. The number of nitrogens with zero attached hydrogens (tertiary/aromatic N) is 1. The highest BCUT2D eigenvalue weighted by molar-refractivity contribution is 5.25. The lowest BCUT2D eigenvalue weighted by Gasteiger charge is -2.18. The Morgan fingerprint density at radius 1 is 1.53 bits per heavy atom. The van der Waals surface area contributed by atoms with Crippen molar-refractivity contribution in [2.24, 2.45) is 5.73 Å². The molecular formula is C10H15FN2O2. The Hall–Kier alpha value is -1.04. The molecule has 1 aromatic rings. The number of aromatic nitrogens is 1.